The minimum absolute atomic E-state index is 0.00774. The number of thiocarbonyl (C=S) groups is 1. The number of carbonyl (C=O) groups is 1. The molecule has 2 aromatic rings. The van der Waals surface area contributed by atoms with Crippen molar-refractivity contribution in [3.05, 3.63) is 33.1 Å². The topological polar surface area (TPSA) is 35.6 Å². The van der Waals surface area contributed by atoms with Crippen LogP contribution in [0.5, 0.6) is 0 Å². The fourth-order valence-electron chi connectivity index (χ4n) is 3.77. The normalized spacial score (nSPS) is 18.3. The van der Waals surface area contributed by atoms with E-state index in [0.29, 0.717) is 34.1 Å². The maximum atomic E-state index is 13.0. The summed E-state index contributed by atoms with van der Waals surface area (Å²) in [6.45, 7) is 2.80. The minimum atomic E-state index is -0.00774. The van der Waals surface area contributed by atoms with Gasteiger partial charge in [-0.1, -0.05) is 42.1 Å². The van der Waals surface area contributed by atoms with E-state index in [1.165, 1.54) is 37.0 Å². The van der Waals surface area contributed by atoms with Gasteiger partial charge in [-0.3, -0.25) is 4.79 Å². The first-order valence-corrected chi connectivity index (χ1v) is 11.2. The van der Waals surface area contributed by atoms with Gasteiger partial charge in [-0.05, 0) is 37.2 Å². The first-order valence-electron chi connectivity index (χ1n) is 9.25. The number of hydrogen-bond acceptors (Lipinski definition) is 3. The summed E-state index contributed by atoms with van der Waals surface area (Å²) in [5.41, 5.74) is 0. The van der Waals surface area contributed by atoms with Crippen LogP contribution in [-0.2, 0) is 0 Å². The summed E-state index contributed by atoms with van der Waals surface area (Å²) < 4.78 is 0.941. The molecule has 144 valence electrons. The van der Waals surface area contributed by atoms with Gasteiger partial charge in [0.05, 0.1) is 5.02 Å². The van der Waals surface area contributed by atoms with Gasteiger partial charge < -0.3 is 15.1 Å². The molecule has 0 bridgehead atoms. The number of nitrogens with one attached hydrogen (secondary N) is 1. The van der Waals surface area contributed by atoms with Crippen LogP contribution < -0.4 is 5.32 Å². The Kier molecular flexibility index (Phi) is 5.78. The third-order valence-electron chi connectivity index (χ3n) is 5.32. The smallest absolute Gasteiger partial charge is 0.265 e. The number of carbonyl (C=O) groups excluding carboxylic acids is 1. The Morgan fingerprint density at radius 2 is 1.78 bits per heavy atom. The molecule has 1 saturated carbocycles. The number of fused-ring (bicyclic) bond motifs is 1. The van der Waals surface area contributed by atoms with Gasteiger partial charge in [0.15, 0.2) is 5.11 Å². The van der Waals surface area contributed by atoms with Crippen LogP contribution >= 0.6 is 46.8 Å². The van der Waals surface area contributed by atoms with Crippen molar-refractivity contribution in [3.63, 3.8) is 0 Å². The number of thiophene rings is 1. The van der Waals surface area contributed by atoms with Crippen LogP contribution in [-0.4, -0.2) is 53.0 Å². The molecule has 1 saturated heterocycles. The van der Waals surface area contributed by atoms with E-state index in [0.717, 1.165) is 28.3 Å². The highest BCUT2D eigenvalue weighted by atomic mass is 35.5. The van der Waals surface area contributed by atoms with Crippen molar-refractivity contribution >= 4 is 67.9 Å². The Morgan fingerprint density at radius 1 is 1.11 bits per heavy atom. The van der Waals surface area contributed by atoms with Gasteiger partial charge in [-0.25, -0.2) is 0 Å². The molecule has 27 heavy (non-hydrogen) atoms. The summed E-state index contributed by atoms with van der Waals surface area (Å²) in [5, 5.41) is 6.36. The van der Waals surface area contributed by atoms with Crippen LogP contribution in [0, 0.1) is 0 Å². The lowest BCUT2D eigenvalue weighted by Gasteiger charge is -2.36. The zero-order valence-corrected chi connectivity index (χ0v) is 18.0. The van der Waals surface area contributed by atoms with Crippen LogP contribution in [0.15, 0.2) is 18.2 Å². The van der Waals surface area contributed by atoms with E-state index in [1.807, 2.05) is 17.0 Å². The molecule has 2 fully saturated rings. The van der Waals surface area contributed by atoms with Crippen molar-refractivity contribution in [3.8, 4) is 0 Å². The fourth-order valence-corrected chi connectivity index (χ4v) is 5.87. The van der Waals surface area contributed by atoms with Crippen LogP contribution in [0.25, 0.3) is 10.1 Å². The van der Waals surface area contributed by atoms with Crippen LogP contribution in [0.4, 0.5) is 0 Å². The highest BCUT2D eigenvalue weighted by Gasteiger charge is 2.27. The summed E-state index contributed by atoms with van der Waals surface area (Å²) in [5.74, 6) is -0.00774. The third kappa shape index (κ3) is 4.04. The Morgan fingerprint density at radius 3 is 2.48 bits per heavy atom. The predicted octanol–water partition coefficient (Wildman–Crippen LogP) is 4.78. The maximum absolute atomic E-state index is 13.0. The molecule has 0 spiro atoms. The van der Waals surface area contributed by atoms with E-state index >= 15 is 0 Å². The lowest BCUT2D eigenvalue weighted by Crippen LogP contribution is -2.54. The SMILES string of the molecule is O=C(c1sc2cc(Cl)ccc2c1Cl)N1CCN(C(=S)NC2CCCC2)CC1. The molecule has 1 aliphatic heterocycles. The van der Waals surface area contributed by atoms with E-state index < -0.39 is 0 Å². The second-order valence-electron chi connectivity index (χ2n) is 7.10. The number of rotatable bonds is 2. The molecule has 1 N–H and O–H groups in total. The summed E-state index contributed by atoms with van der Waals surface area (Å²) in [7, 11) is 0. The molecule has 0 radical (unpaired) electrons. The van der Waals surface area contributed by atoms with E-state index in [-0.39, 0.29) is 5.91 Å². The molecular formula is C19H21Cl2N3OS2. The highest BCUT2D eigenvalue weighted by molar-refractivity contribution is 7.80. The molecule has 0 atom stereocenters. The quantitative estimate of drug-likeness (QED) is 0.679. The molecule has 2 heterocycles. The van der Waals surface area contributed by atoms with Gasteiger partial charge in [0.25, 0.3) is 5.91 Å². The monoisotopic (exact) mass is 441 g/mol. The van der Waals surface area contributed by atoms with Crippen molar-refractivity contribution in [2.45, 2.75) is 31.7 Å². The molecule has 1 amide bonds. The van der Waals surface area contributed by atoms with E-state index in [2.05, 4.69) is 10.2 Å². The van der Waals surface area contributed by atoms with Gasteiger partial charge in [0, 0.05) is 47.3 Å². The predicted molar refractivity (Wildman–Crippen MR) is 117 cm³/mol. The van der Waals surface area contributed by atoms with Gasteiger partial charge >= 0.3 is 0 Å². The highest BCUT2D eigenvalue weighted by Crippen LogP contribution is 2.37. The zero-order valence-electron chi connectivity index (χ0n) is 14.8. The molecule has 0 unspecified atom stereocenters. The van der Waals surface area contributed by atoms with E-state index in [4.69, 9.17) is 35.4 Å². The molecule has 1 aromatic heterocycles. The Balaban J connectivity index is 1.40. The fraction of sp³-hybridized carbons (Fsp3) is 0.474. The van der Waals surface area contributed by atoms with Crippen molar-refractivity contribution in [2.24, 2.45) is 0 Å². The molecular weight excluding hydrogens is 421 g/mol. The van der Waals surface area contributed by atoms with Crippen LogP contribution in [0.2, 0.25) is 10.0 Å². The number of hydrogen-bond donors (Lipinski definition) is 1. The lowest BCUT2D eigenvalue weighted by molar-refractivity contribution is 0.0696. The number of amides is 1. The summed E-state index contributed by atoms with van der Waals surface area (Å²) in [4.78, 5) is 17.6. The average Bonchev–Trinajstić information content (AvgIpc) is 3.29. The average molecular weight is 442 g/mol. The Hall–Kier alpha value is -1.08. The van der Waals surface area contributed by atoms with Crippen LogP contribution in [0.1, 0.15) is 35.4 Å². The maximum Gasteiger partial charge on any atom is 0.265 e. The van der Waals surface area contributed by atoms with Gasteiger partial charge in [-0.15, -0.1) is 11.3 Å². The second kappa shape index (κ2) is 8.11. The number of benzene rings is 1. The Bertz CT molecular complexity index is 871. The van der Waals surface area contributed by atoms with Crippen molar-refractivity contribution in [1.29, 1.82) is 0 Å². The second-order valence-corrected chi connectivity index (χ2v) is 9.35. The standard InChI is InChI=1S/C19H21Cl2N3OS2/c20-12-5-6-14-15(11-12)27-17(16(14)21)18(25)23-7-9-24(10-8-23)19(26)22-13-3-1-2-4-13/h5-6,11,13H,1-4,7-10H2,(H,22,26). The zero-order chi connectivity index (χ0) is 19.0. The van der Waals surface area contributed by atoms with E-state index in [1.54, 1.807) is 6.07 Å². The molecule has 2 aliphatic rings. The molecule has 8 heteroatoms. The third-order valence-corrected chi connectivity index (χ3v) is 7.58. The molecule has 1 aromatic carbocycles. The van der Waals surface area contributed by atoms with Crippen molar-refractivity contribution in [2.75, 3.05) is 26.2 Å². The van der Waals surface area contributed by atoms with Gasteiger partial charge in [-0.2, -0.15) is 0 Å². The molecule has 4 nitrogen and oxygen atoms in total. The van der Waals surface area contributed by atoms with Crippen LogP contribution in [0.3, 0.4) is 0 Å². The Labute approximate surface area is 178 Å². The summed E-state index contributed by atoms with van der Waals surface area (Å²) in [6.07, 6.45) is 4.97. The number of halogens is 2. The number of piperazine rings is 1. The van der Waals surface area contributed by atoms with E-state index in [9.17, 15) is 4.79 Å². The van der Waals surface area contributed by atoms with Gasteiger partial charge in [0.2, 0.25) is 0 Å². The molecule has 1 aliphatic carbocycles. The van der Waals surface area contributed by atoms with Crippen molar-refractivity contribution in [1.82, 2.24) is 15.1 Å². The summed E-state index contributed by atoms with van der Waals surface area (Å²) in [6, 6.07) is 6.04. The minimum Gasteiger partial charge on any atom is -0.360 e. The lowest BCUT2D eigenvalue weighted by atomic mass is 10.2. The largest absolute Gasteiger partial charge is 0.360 e. The summed E-state index contributed by atoms with van der Waals surface area (Å²) >= 11 is 19.5. The first kappa shape index (κ1) is 19.2. The molecule has 4 rings (SSSR count). The van der Waals surface area contributed by atoms with Crippen molar-refractivity contribution < 1.29 is 4.79 Å². The van der Waals surface area contributed by atoms with Gasteiger partial charge in [0.1, 0.15) is 4.88 Å². The number of nitrogens with zero attached hydrogens (tertiary/aromatic N) is 2. The first-order chi connectivity index (χ1) is 13.0.